The first-order valence-corrected chi connectivity index (χ1v) is 8.10. The summed E-state index contributed by atoms with van der Waals surface area (Å²) in [5.41, 5.74) is 2.17. The van der Waals surface area contributed by atoms with Gasteiger partial charge in [-0.15, -0.1) is 0 Å². The van der Waals surface area contributed by atoms with Crippen molar-refractivity contribution in [3.8, 4) is 6.07 Å². The van der Waals surface area contributed by atoms with Crippen LogP contribution in [0.1, 0.15) is 11.7 Å². The molecule has 1 aliphatic rings. The molecule has 2 heterocycles. The van der Waals surface area contributed by atoms with Crippen LogP contribution in [-0.4, -0.2) is 40.6 Å². The van der Waals surface area contributed by atoms with E-state index in [-0.39, 0.29) is 6.04 Å². The van der Waals surface area contributed by atoms with Crippen LogP contribution in [0.25, 0.3) is 0 Å². The highest BCUT2D eigenvalue weighted by Gasteiger charge is 2.28. The lowest BCUT2D eigenvalue weighted by atomic mass is 10.1. The molecule has 1 aromatic heterocycles. The average molecular weight is 360 g/mol. The second-order valence-corrected chi connectivity index (χ2v) is 6.17. The molecular formula is C16H18BrN5. The molecular weight excluding hydrogens is 342 g/mol. The van der Waals surface area contributed by atoms with Gasteiger partial charge in [0.05, 0.1) is 18.1 Å². The monoisotopic (exact) mass is 359 g/mol. The lowest BCUT2D eigenvalue weighted by molar-refractivity contribution is 0.216. The number of rotatable bonds is 3. The van der Waals surface area contributed by atoms with Gasteiger partial charge in [0.25, 0.3) is 0 Å². The first-order chi connectivity index (χ1) is 10.7. The van der Waals surface area contributed by atoms with E-state index in [1.165, 1.54) is 5.69 Å². The smallest absolute Gasteiger partial charge is 0.141 e. The fraction of sp³-hybridized carbons (Fsp3) is 0.375. The van der Waals surface area contributed by atoms with Crippen LogP contribution in [-0.2, 0) is 7.05 Å². The van der Waals surface area contributed by atoms with Crippen LogP contribution in [0.5, 0.6) is 0 Å². The number of para-hydroxylation sites is 1. The lowest BCUT2D eigenvalue weighted by Gasteiger charge is -2.38. The number of halogens is 1. The molecule has 6 heteroatoms. The molecule has 1 atom stereocenters. The van der Waals surface area contributed by atoms with Gasteiger partial charge in [0.1, 0.15) is 10.6 Å². The predicted octanol–water partition coefficient (Wildman–Crippen LogP) is 2.57. The molecule has 114 valence electrons. The molecule has 1 unspecified atom stereocenters. The van der Waals surface area contributed by atoms with E-state index in [9.17, 15) is 5.26 Å². The van der Waals surface area contributed by atoms with Crippen LogP contribution in [0.15, 0.2) is 41.3 Å². The van der Waals surface area contributed by atoms with Gasteiger partial charge in [-0.3, -0.25) is 4.90 Å². The van der Waals surface area contributed by atoms with Gasteiger partial charge in [0.2, 0.25) is 0 Å². The SMILES string of the molecule is Cn1cnc(Br)c1C(C#N)N1CCN(c2ccccc2)CC1. The Morgan fingerprint density at radius 2 is 1.86 bits per heavy atom. The molecule has 1 fully saturated rings. The van der Waals surface area contributed by atoms with E-state index in [0.717, 1.165) is 36.5 Å². The summed E-state index contributed by atoms with van der Waals surface area (Å²) in [5.74, 6) is 0. The van der Waals surface area contributed by atoms with Gasteiger partial charge in [0, 0.05) is 38.9 Å². The second kappa shape index (κ2) is 6.51. The van der Waals surface area contributed by atoms with Crippen LogP contribution in [0.2, 0.25) is 0 Å². The number of nitriles is 1. The maximum Gasteiger partial charge on any atom is 0.141 e. The molecule has 0 spiro atoms. The number of aryl methyl sites for hydroxylation is 1. The molecule has 5 nitrogen and oxygen atoms in total. The zero-order chi connectivity index (χ0) is 15.5. The van der Waals surface area contributed by atoms with Crippen molar-refractivity contribution in [2.75, 3.05) is 31.1 Å². The zero-order valence-electron chi connectivity index (χ0n) is 12.5. The van der Waals surface area contributed by atoms with Gasteiger partial charge in [0.15, 0.2) is 0 Å². The van der Waals surface area contributed by atoms with Gasteiger partial charge >= 0.3 is 0 Å². The number of anilines is 1. The Balaban J connectivity index is 1.72. The summed E-state index contributed by atoms with van der Waals surface area (Å²) < 4.78 is 2.67. The average Bonchev–Trinajstić information content (AvgIpc) is 2.90. The van der Waals surface area contributed by atoms with E-state index in [0.29, 0.717) is 0 Å². The molecule has 0 saturated carbocycles. The van der Waals surface area contributed by atoms with Crippen LogP contribution in [0, 0.1) is 11.3 Å². The summed E-state index contributed by atoms with van der Waals surface area (Å²) in [5, 5.41) is 9.61. The third-order valence-electron chi connectivity index (χ3n) is 4.12. The molecule has 1 aliphatic heterocycles. The van der Waals surface area contributed by atoms with Crippen molar-refractivity contribution in [3.05, 3.63) is 47.0 Å². The molecule has 0 amide bonds. The standard InChI is InChI=1S/C16H18BrN5/c1-20-12-19-16(17)15(20)14(11-18)22-9-7-21(8-10-22)13-5-3-2-4-6-13/h2-6,12,14H,7-10H2,1H3. The molecule has 0 aliphatic carbocycles. The Kier molecular flexibility index (Phi) is 4.46. The minimum absolute atomic E-state index is 0.264. The fourth-order valence-electron chi connectivity index (χ4n) is 2.91. The predicted molar refractivity (Wildman–Crippen MR) is 89.5 cm³/mol. The third kappa shape index (κ3) is 2.87. The highest BCUT2D eigenvalue weighted by Crippen LogP contribution is 2.28. The van der Waals surface area contributed by atoms with Gasteiger partial charge < -0.3 is 9.47 Å². The minimum atomic E-state index is -0.264. The normalized spacial score (nSPS) is 17.2. The van der Waals surface area contributed by atoms with E-state index in [2.05, 4.69) is 61.0 Å². The maximum absolute atomic E-state index is 9.61. The molecule has 0 bridgehead atoms. The van der Waals surface area contributed by atoms with Crippen LogP contribution < -0.4 is 4.90 Å². The summed E-state index contributed by atoms with van der Waals surface area (Å²) in [6.07, 6.45) is 1.74. The molecule has 3 rings (SSSR count). The van der Waals surface area contributed by atoms with Crippen molar-refractivity contribution in [3.63, 3.8) is 0 Å². The van der Waals surface area contributed by atoms with Gasteiger partial charge in [-0.05, 0) is 28.1 Å². The van der Waals surface area contributed by atoms with Crippen molar-refractivity contribution in [1.82, 2.24) is 14.5 Å². The molecule has 2 aromatic rings. The quantitative estimate of drug-likeness (QED) is 0.844. The highest BCUT2D eigenvalue weighted by molar-refractivity contribution is 9.10. The second-order valence-electron chi connectivity index (χ2n) is 5.42. The summed E-state index contributed by atoms with van der Waals surface area (Å²) in [7, 11) is 1.93. The van der Waals surface area contributed by atoms with Crippen molar-refractivity contribution in [2.45, 2.75) is 6.04 Å². The number of nitrogens with zero attached hydrogens (tertiary/aromatic N) is 5. The van der Waals surface area contributed by atoms with Crippen molar-refractivity contribution in [1.29, 1.82) is 5.26 Å². The molecule has 0 radical (unpaired) electrons. The molecule has 0 N–H and O–H groups in total. The van der Waals surface area contributed by atoms with Crippen molar-refractivity contribution >= 4 is 21.6 Å². The molecule has 22 heavy (non-hydrogen) atoms. The van der Waals surface area contributed by atoms with Gasteiger partial charge in [-0.2, -0.15) is 5.26 Å². The van der Waals surface area contributed by atoms with E-state index < -0.39 is 0 Å². The Hall–Kier alpha value is -1.84. The molecule has 1 saturated heterocycles. The maximum atomic E-state index is 9.61. The first kappa shape index (κ1) is 15.1. The first-order valence-electron chi connectivity index (χ1n) is 7.31. The highest BCUT2D eigenvalue weighted by atomic mass is 79.9. The summed E-state index contributed by atoms with van der Waals surface area (Å²) >= 11 is 3.45. The Bertz CT molecular complexity index is 648. The number of benzene rings is 1. The van der Waals surface area contributed by atoms with E-state index in [4.69, 9.17) is 0 Å². The minimum Gasteiger partial charge on any atom is -0.369 e. The Labute approximate surface area is 138 Å². The number of imidazole rings is 1. The fourth-order valence-corrected chi connectivity index (χ4v) is 3.50. The third-order valence-corrected chi connectivity index (χ3v) is 4.73. The largest absolute Gasteiger partial charge is 0.369 e. The van der Waals surface area contributed by atoms with E-state index in [1.54, 1.807) is 6.33 Å². The molecule has 1 aromatic carbocycles. The van der Waals surface area contributed by atoms with E-state index in [1.807, 2.05) is 17.7 Å². The topological polar surface area (TPSA) is 48.1 Å². The van der Waals surface area contributed by atoms with Crippen LogP contribution >= 0.6 is 15.9 Å². The van der Waals surface area contributed by atoms with Crippen LogP contribution in [0.4, 0.5) is 5.69 Å². The van der Waals surface area contributed by atoms with Gasteiger partial charge in [-0.25, -0.2) is 4.98 Å². The lowest BCUT2D eigenvalue weighted by Crippen LogP contribution is -2.47. The summed E-state index contributed by atoms with van der Waals surface area (Å²) in [6.45, 7) is 3.59. The number of hydrogen-bond donors (Lipinski definition) is 0. The number of hydrogen-bond acceptors (Lipinski definition) is 4. The van der Waals surface area contributed by atoms with Crippen molar-refractivity contribution in [2.24, 2.45) is 7.05 Å². The number of aromatic nitrogens is 2. The summed E-state index contributed by atoms with van der Waals surface area (Å²) in [6, 6.07) is 12.6. The Morgan fingerprint density at radius 1 is 1.18 bits per heavy atom. The van der Waals surface area contributed by atoms with Crippen molar-refractivity contribution < 1.29 is 0 Å². The summed E-state index contributed by atoms with van der Waals surface area (Å²) in [4.78, 5) is 8.82. The zero-order valence-corrected chi connectivity index (χ0v) is 14.1. The Morgan fingerprint density at radius 3 is 2.41 bits per heavy atom. The number of piperazine rings is 1. The van der Waals surface area contributed by atoms with E-state index >= 15 is 0 Å². The van der Waals surface area contributed by atoms with Gasteiger partial charge in [-0.1, -0.05) is 18.2 Å². The van der Waals surface area contributed by atoms with Crippen LogP contribution in [0.3, 0.4) is 0 Å².